The number of halogens is 3. The van der Waals surface area contributed by atoms with Crippen LogP contribution in [0.25, 0.3) is 32.7 Å². The Morgan fingerprint density at radius 2 is 1.87 bits per heavy atom. The Hall–Kier alpha value is -4.41. The number of hydrogen-bond acceptors (Lipinski definition) is 10. The molecule has 4 aromatic rings. The van der Waals surface area contributed by atoms with Gasteiger partial charge in [0, 0.05) is 73.4 Å². The molecule has 0 unspecified atom stereocenters. The molecule has 1 aliphatic heterocycles. The van der Waals surface area contributed by atoms with Crippen LogP contribution < -0.4 is 16.1 Å². The van der Waals surface area contributed by atoms with E-state index in [-0.39, 0.29) is 33.9 Å². The van der Waals surface area contributed by atoms with E-state index in [1.807, 2.05) is 0 Å². The molecule has 238 valence electrons. The summed E-state index contributed by atoms with van der Waals surface area (Å²) in [4.78, 5) is 53.4. The first-order valence-electron chi connectivity index (χ1n) is 14.2. The highest BCUT2D eigenvalue weighted by molar-refractivity contribution is 7.13. The van der Waals surface area contributed by atoms with E-state index >= 15 is 0 Å². The van der Waals surface area contributed by atoms with E-state index < -0.39 is 29.3 Å². The number of morpholine rings is 1. The number of aromatic nitrogens is 4. The first-order chi connectivity index (χ1) is 21.6. The molecule has 0 aromatic carbocycles. The molecule has 5 heterocycles. The van der Waals surface area contributed by atoms with Crippen molar-refractivity contribution in [1.82, 2.24) is 29.7 Å². The Bertz CT molecular complexity index is 1770. The third-order valence-electron chi connectivity index (χ3n) is 6.99. The molecule has 1 aliphatic rings. The molecule has 45 heavy (non-hydrogen) atoms. The highest BCUT2D eigenvalue weighted by Gasteiger charge is 2.34. The minimum Gasteiger partial charge on any atom is -0.462 e. The second-order valence-corrected chi connectivity index (χ2v) is 10.8. The molecule has 1 fully saturated rings. The molecular weight excluding hydrogens is 615 g/mol. The number of amides is 2. The first-order valence-corrected chi connectivity index (χ1v) is 15.1. The molecule has 0 spiro atoms. The first kappa shape index (κ1) is 32.0. The number of rotatable bonds is 9. The van der Waals surface area contributed by atoms with Gasteiger partial charge in [-0.1, -0.05) is 0 Å². The number of nitrogens with zero attached hydrogens (tertiary/aromatic N) is 5. The van der Waals surface area contributed by atoms with Crippen molar-refractivity contribution in [1.29, 1.82) is 0 Å². The van der Waals surface area contributed by atoms with Crippen molar-refractivity contribution >= 4 is 40.2 Å². The lowest BCUT2D eigenvalue weighted by atomic mass is 10.0. The molecule has 5 rings (SSSR count). The zero-order chi connectivity index (χ0) is 32.1. The second kappa shape index (κ2) is 13.7. The van der Waals surface area contributed by atoms with Crippen LogP contribution in [0, 0.1) is 0 Å². The van der Waals surface area contributed by atoms with Crippen LogP contribution in [0.15, 0.2) is 40.9 Å². The number of nitrogens with one attached hydrogen (secondary N) is 2. The lowest BCUT2D eigenvalue weighted by molar-refractivity contribution is -0.140. The molecule has 0 saturated carbocycles. The zero-order valence-electron chi connectivity index (χ0n) is 24.4. The molecule has 0 aliphatic carbocycles. The van der Waals surface area contributed by atoms with E-state index in [4.69, 9.17) is 9.47 Å². The van der Waals surface area contributed by atoms with Gasteiger partial charge in [0.1, 0.15) is 22.0 Å². The Kier molecular flexibility index (Phi) is 9.74. The largest absolute Gasteiger partial charge is 0.462 e. The molecule has 0 atom stereocenters. The number of anilines is 1. The highest BCUT2D eigenvalue weighted by Crippen LogP contribution is 2.38. The van der Waals surface area contributed by atoms with Crippen LogP contribution in [-0.2, 0) is 22.2 Å². The zero-order valence-corrected chi connectivity index (χ0v) is 25.3. The summed E-state index contributed by atoms with van der Waals surface area (Å²) in [7, 11) is 0. The number of alkyl halides is 3. The van der Waals surface area contributed by atoms with Crippen LogP contribution in [0.4, 0.5) is 23.8 Å². The summed E-state index contributed by atoms with van der Waals surface area (Å²) in [5.41, 5.74) is -0.624. The van der Waals surface area contributed by atoms with Gasteiger partial charge in [-0.2, -0.15) is 13.2 Å². The van der Waals surface area contributed by atoms with Crippen LogP contribution in [0.3, 0.4) is 0 Å². The predicted molar refractivity (Wildman–Crippen MR) is 161 cm³/mol. The minimum absolute atomic E-state index is 0.0157. The van der Waals surface area contributed by atoms with Crippen molar-refractivity contribution in [2.24, 2.45) is 0 Å². The number of urea groups is 1. The summed E-state index contributed by atoms with van der Waals surface area (Å²) >= 11 is 0.769. The number of carbonyl (C=O) groups is 2. The van der Waals surface area contributed by atoms with Gasteiger partial charge in [-0.3, -0.25) is 15.0 Å². The number of pyridine rings is 3. The van der Waals surface area contributed by atoms with E-state index in [1.165, 1.54) is 30.7 Å². The fourth-order valence-corrected chi connectivity index (χ4v) is 5.66. The lowest BCUT2D eigenvalue weighted by Gasteiger charge is -2.27. The van der Waals surface area contributed by atoms with Crippen molar-refractivity contribution < 1.29 is 32.2 Å². The van der Waals surface area contributed by atoms with Crippen LogP contribution in [-0.4, -0.2) is 82.4 Å². The summed E-state index contributed by atoms with van der Waals surface area (Å²) in [6.07, 6.45) is -0.379. The maximum Gasteiger partial charge on any atom is 0.434 e. The molecule has 0 bridgehead atoms. The molecule has 2 N–H and O–H groups in total. The SMILES string of the molecule is CCNC(=O)Nc1cc(-c2nc(C(F)(F)F)cs2)c(-c2cnc3c(c2)c(=O)c(C(=O)OCC)cn3CCN2CCOCC2)cn1. The Morgan fingerprint density at radius 3 is 2.56 bits per heavy atom. The standard InChI is InChI=1S/C29H30F3N7O5S/c1-3-33-28(42)37-23-12-18(26-36-22(16-45-26)29(30,31)32)20(14-34-23)17-11-19-24(40)21(27(41)44-4-2)15-39(25(19)35-13-17)6-5-38-7-9-43-10-8-38/h11-16H,3-10H2,1-2H3,(H2,33,34,37,42). The second-order valence-electron chi connectivity index (χ2n) is 9.97. The van der Waals surface area contributed by atoms with Crippen molar-refractivity contribution in [2.75, 3.05) is 51.3 Å². The van der Waals surface area contributed by atoms with Crippen LogP contribution >= 0.6 is 11.3 Å². The fourth-order valence-electron chi connectivity index (χ4n) is 4.80. The number of esters is 1. The van der Waals surface area contributed by atoms with E-state index in [0.717, 1.165) is 29.8 Å². The monoisotopic (exact) mass is 645 g/mol. The fraction of sp³-hybridized carbons (Fsp3) is 0.379. The van der Waals surface area contributed by atoms with Crippen LogP contribution in [0.2, 0.25) is 0 Å². The summed E-state index contributed by atoms with van der Waals surface area (Å²) < 4.78 is 52.6. The topological polar surface area (TPSA) is 141 Å². The van der Waals surface area contributed by atoms with Gasteiger partial charge >= 0.3 is 18.2 Å². The van der Waals surface area contributed by atoms with Crippen molar-refractivity contribution in [3.63, 3.8) is 0 Å². The number of ether oxygens (including phenoxy) is 2. The Labute approximate surface area is 259 Å². The van der Waals surface area contributed by atoms with Gasteiger partial charge in [-0.25, -0.2) is 24.5 Å². The van der Waals surface area contributed by atoms with Gasteiger partial charge in [0.15, 0.2) is 5.69 Å². The lowest BCUT2D eigenvalue weighted by Crippen LogP contribution is -2.38. The van der Waals surface area contributed by atoms with Crippen molar-refractivity contribution in [3.8, 4) is 21.7 Å². The third kappa shape index (κ3) is 7.29. The Morgan fingerprint density at radius 1 is 1.09 bits per heavy atom. The summed E-state index contributed by atoms with van der Waals surface area (Å²) in [5.74, 6) is -0.701. The van der Waals surface area contributed by atoms with Gasteiger partial charge in [-0.15, -0.1) is 11.3 Å². The van der Waals surface area contributed by atoms with Gasteiger partial charge in [0.05, 0.1) is 25.2 Å². The number of hydrogen-bond donors (Lipinski definition) is 2. The van der Waals surface area contributed by atoms with Crippen LogP contribution in [0.5, 0.6) is 0 Å². The normalized spacial score (nSPS) is 14.0. The number of thiazole rings is 1. The van der Waals surface area contributed by atoms with Crippen molar-refractivity contribution in [3.05, 3.63) is 57.6 Å². The average molecular weight is 646 g/mol. The molecule has 2 amide bonds. The molecular formula is C29H30F3N7O5S. The van der Waals surface area contributed by atoms with Gasteiger partial charge in [0.2, 0.25) is 5.43 Å². The van der Waals surface area contributed by atoms with E-state index in [2.05, 4.69) is 30.5 Å². The predicted octanol–water partition coefficient (Wildman–Crippen LogP) is 4.25. The summed E-state index contributed by atoms with van der Waals surface area (Å²) in [6.45, 7) is 7.52. The maximum atomic E-state index is 13.6. The van der Waals surface area contributed by atoms with Crippen LogP contribution in [0.1, 0.15) is 29.9 Å². The summed E-state index contributed by atoms with van der Waals surface area (Å²) in [5, 5.41) is 6.14. The number of fused-ring (bicyclic) bond motifs is 1. The Balaban J connectivity index is 1.62. The quantitative estimate of drug-likeness (QED) is 0.256. The molecule has 12 nitrogen and oxygen atoms in total. The number of carbonyl (C=O) groups excluding carboxylic acids is 2. The molecule has 16 heteroatoms. The van der Waals surface area contributed by atoms with E-state index in [0.29, 0.717) is 49.6 Å². The van der Waals surface area contributed by atoms with Gasteiger partial charge < -0.3 is 19.4 Å². The maximum absolute atomic E-state index is 13.6. The molecule has 1 saturated heterocycles. The minimum atomic E-state index is -4.66. The van der Waals surface area contributed by atoms with E-state index in [1.54, 1.807) is 18.4 Å². The molecule has 4 aromatic heterocycles. The average Bonchev–Trinajstić information content (AvgIpc) is 3.53. The molecule has 0 radical (unpaired) electrons. The smallest absolute Gasteiger partial charge is 0.434 e. The van der Waals surface area contributed by atoms with Gasteiger partial charge in [-0.05, 0) is 26.0 Å². The summed E-state index contributed by atoms with van der Waals surface area (Å²) in [6, 6.07) is 2.38. The highest BCUT2D eigenvalue weighted by atomic mass is 32.1. The van der Waals surface area contributed by atoms with Crippen molar-refractivity contribution in [2.45, 2.75) is 26.6 Å². The van der Waals surface area contributed by atoms with E-state index in [9.17, 15) is 27.6 Å². The third-order valence-corrected chi connectivity index (χ3v) is 7.86. The van der Waals surface area contributed by atoms with Gasteiger partial charge in [0.25, 0.3) is 0 Å².